The highest BCUT2D eigenvalue weighted by Crippen LogP contribution is 2.42. The third kappa shape index (κ3) is 6.50. The molecule has 180 valence electrons. The summed E-state index contributed by atoms with van der Waals surface area (Å²) in [6.07, 6.45) is 1.09. The topological polar surface area (TPSA) is 69.8 Å². The van der Waals surface area contributed by atoms with Gasteiger partial charge in [0.05, 0.1) is 5.92 Å². The average Bonchev–Trinajstić information content (AvgIpc) is 2.63. The first-order valence-electron chi connectivity index (χ1n) is 12.0. The molecule has 5 nitrogen and oxygen atoms in total. The molecule has 2 aliphatic rings. The van der Waals surface area contributed by atoms with Gasteiger partial charge in [-0.25, -0.2) is 0 Å². The Morgan fingerprint density at radius 3 is 2.27 bits per heavy atom. The molecule has 2 aliphatic heterocycles. The summed E-state index contributed by atoms with van der Waals surface area (Å²) < 4.78 is 0. The van der Waals surface area contributed by atoms with E-state index in [9.17, 15) is 4.79 Å². The molecule has 1 saturated heterocycles. The van der Waals surface area contributed by atoms with Crippen molar-refractivity contribution in [2.75, 3.05) is 29.4 Å². The Bertz CT molecular complexity index is 979. The molecule has 2 aromatic carbocycles. The summed E-state index contributed by atoms with van der Waals surface area (Å²) in [6.45, 7) is 17.2. The lowest BCUT2D eigenvalue weighted by atomic mass is 9.80. The van der Waals surface area contributed by atoms with E-state index >= 15 is 0 Å². The fourth-order valence-corrected chi connectivity index (χ4v) is 4.39. The number of aliphatic carboxylic acids is 1. The van der Waals surface area contributed by atoms with Crippen molar-refractivity contribution in [2.24, 2.45) is 17.1 Å². The quantitative estimate of drug-likeness (QED) is 0.615. The number of rotatable bonds is 4. The highest BCUT2D eigenvalue weighted by molar-refractivity contribution is 5.76. The maximum Gasteiger partial charge on any atom is 0.310 e. The van der Waals surface area contributed by atoms with E-state index in [-0.39, 0.29) is 16.9 Å². The summed E-state index contributed by atoms with van der Waals surface area (Å²) >= 11 is 0. The van der Waals surface area contributed by atoms with Gasteiger partial charge in [0.2, 0.25) is 0 Å². The Morgan fingerprint density at radius 1 is 1.09 bits per heavy atom. The molecular formula is C28H41N3O2. The zero-order chi connectivity index (χ0) is 24.6. The predicted molar refractivity (Wildman–Crippen MR) is 139 cm³/mol. The summed E-state index contributed by atoms with van der Waals surface area (Å²) in [5.74, 6) is -0.409. The van der Waals surface area contributed by atoms with E-state index in [1.54, 1.807) is 0 Å². The minimum atomic E-state index is -0.694. The van der Waals surface area contributed by atoms with Crippen LogP contribution in [-0.2, 0) is 11.2 Å². The number of hydrogen-bond acceptors (Lipinski definition) is 4. The summed E-state index contributed by atoms with van der Waals surface area (Å²) in [7, 11) is 0. The molecule has 0 radical (unpaired) electrons. The first-order valence-corrected chi connectivity index (χ1v) is 12.0. The SMILES string of the molecule is CC(C)(C)N.CC(C)c1ccc2c(c1)CC(C)(C)CN2c1cccc(N2CC(C(=O)O)C2)c1. The van der Waals surface area contributed by atoms with Crippen molar-refractivity contribution in [2.45, 2.75) is 66.3 Å². The van der Waals surface area contributed by atoms with Crippen LogP contribution in [0, 0.1) is 11.3 Å². The van der Waals surface area contributed by atoms with E-state index in [2.05, 4.69) is 80.0 Å². The minimum Gasteiger partial charge on any atom is -0.481 e. The predicted octanol–water partition coefficient (Wildman–Crippen LogP) is 5.79. The van der Waals surface area contributed by atoms with Gasteiger partial charge < -0.3 is 20.6 Å². The van der Waals surface area contributed by atoms with Crippen molar-refractivity contribution in [3.05, 3.63) is 53.6 Å². The normalized spacial score (nSPS) is 17.7. The van der Waals surface area contributed by atoms with Crippen LogP contribution in [0.3, 0.4) is 0 Å². The Hall–Kier alpha value is -2.53. The lowest BCUT2D eigenvalue weighted by Crippen LogP contribution is -2.50. The van der Waals surface area contributed by atoms with Crippen LogP contribution in [0.5, 0.6) is 0 Å². The van der Waals surface area contributed by atoms with Gasteiger partial charge in [0.25, 0.3) is 0 Å². The monoisotopic (exact) mass is 451 g/mol. The zero-order valence-electron chi connectivity index (χ0n) is 21.4. The number of anilines is 3. The molecule has 0 aliphatic carbocycles. The number of hydrogen-bond donors (Lipinski definition) is 2. The number of benzene rings is 2. The van der Waals surface area contributed by atoms with Gasteiger partial charge in [-0.3, -0.25) is 4.79 Å². The lowest BCUT2D eigenvalue weighted by Gasteiger charge is -2.42. The van der Waals surface area contributed by atoms with Crippen LogP contribution in [-0.4, -0.2) is 36.2 Å². The van der Waals surface area contributed by atoms with Crippen LogP contribution in [0.15, 0.2) is 42.5 Å². The first-order chi connectivity index (χ1) is 15.2. The number of nitrogens with zero attached hydrogens (tertiary/aromatic N) is 2. The van der Waals surface area contributed by atoms with Gasteiger partial charge in [0, 0.05) is 42.2 Å². The zero-order valence-corrected chi connectivity index (χ0v) is 21.4. The van der Waals surface area contributed by atoms with Crippen LogP contribution >= 0.6 is 0 Å². The Balaban J connectivity index is 0.000000555. The van der Waals surface area contributed by atoms with Crippen molar-refractivity contribution >= 4 is 23.0 Å². The second-order valence-electron chi connectivity index (χ2n) is 11.8. The molecule has 33 heavy (non-hydrogen) atoms. The van der Waals surface area contributed by atoms with Crippen molar-refractivity contribution in [3.63, 3.8) is 0 Å². The second-order valence-corrected chi connectivity index (χ2v) is 11.8. The number of fused-ring (bicyclic) bond motifs is 1. The van der Waals surface area contributed by atoms with Gasteiger partial charge >= 0.3 is 5.97 Å². The Labute approximate surface area is 199 Å². The van der Waals surface area contributed by atoms with E-state index in [4.69, 9.17) is 10.8 Å². The number of carboxylic acid groups (broad SMARTS) is 1. The van der Waals surface area contributed by atoms with Crippen LogP contribution in [0.4, 0.5) is 17.1 Å². The van der Waals surface area contributed by atoms with E-state index in [1.165, 1.54) is 22.5 Å². The largest absolute Gasteiger partial charge is 0.481 e. The summed E-state index contributed by atoms with van der Waals surface area (Å²) in [4.78, 5) is 15.7. The van der Waals surface area contributed by atoms with Crippen molar-refractivity contribution in [3.8, 4) is 0 Å². The third-order valence-corrected chi connectivity index (χ3v) is 6.05. The molecule has 2 aromatic rings. The van der Waals surface area contributed by atoms with Crippen molar-refractivity contribution in [1.82, 2.24) is 0 Å². The van der Waals surface area contributed by atoms with E-state index in [0.717, 1.165) is 18.7 Å². The molecule has 0 atom stereocenters. The van der Waals surface area contributed by atoms with Gasteiger partial charge in [0.15, 0.2) is 0 Å². The van der Waals surface area contributed by atoms with Crippen LogP contribution in [0.25, 0.3) is 0 Å². The molecule has 4 rings (SSSR count). The molecule has 1 fully saturated rings. The highest BCUT2D eigenvalue weighted by atomic mass is 16.4. The van der Waals surface area contributed by atoms with Gasteiger partial charge in [-0.1, -0.05) is 45.9 Å². The molecule has 2 heterocycles. The second kappa shape index (κ2) is 9.38. The van der Waals surface area contributed by atoms with Crippen molar-refractivity contribution in [1.29, 1.82) is 0 Å². The molecule has 0 bridgehead atoms. The minimum absolute atomic E-state index is 0. The molecular weight excluding hydrogens is 410 g/mol. The fourth-order valence-electron chi connectivity index (χ4n) is 4.39. The van der Waals surface area contributed by atoms with Crippen molar-refractivity contribution < 1.29 is 9.90 Å². The number of carbonyl (C=O) groups is 1. The Kier molecular flexibility index (Phi) is 7.13. The van der Waals surface area contributed by atoms with E-state index in [1.807, 2.05) is 20.8 Å². The van der Waals surface area contributed by atoms with Crippen LogP contribution in [0.2, 0.25) is 0 Å². The summed E-state index contributed by atoms with van der Waals surface area (Å²) in [5.41, 5.74) is 12.0. The lowest BCUT2D eigenvalue weighted by molar-refractivity contribution is -0.142. The smallest absolute Gasteiger partial charge is 0.310 e. The molecule has 3 N–H and O–H groups in total. The van der Waals surface area contributed by atoms with Gasteiger partial charge in [0.1, 0.15) is 0 Å². The highest BCUT2D eigenvalue weighted by Gasteiger charge is 2.34. The van der Waals surface area contributed by atoms with Crippen LogP contribution < -0.4 is 15.5 Å². The molecule has 5 heteroatoms. The fraction of sp³-hybridized carbons (Fsp3) is 0.536. The molecule has 0 unspecified atom stereocenters. The Morgan fingerprint density at radius 2 is 1.70 bits per heavy atom. The number of carboxylic acids is 1. The van der Waals surface area contributed by atoms with Crippen LogP contribution in [0.1, 0.15) is 65.5 Å². The van der Waals surface area contributed by atoms with E-state index in [0.29, 0.717) is 19.0 Å². The van der Waals surface area contributed by atoms with Gasteiger partial charge in [-0.15, -0.1) is 0 Å². The maximum absolute atomic E-state index is 11.1. The van der Waals surface area contributed by atoms with E-state index < -0.39 is 5.97 Å². The third-order valence-electron chi connectivity index (χ3n) is 6.05. The summed E-state index contributed by atoms with van der Waals surface area (Å²) in [5, 5.41) is 9.15. The standard InChI is InChI=1S/C24H30N2O2.C4H11N/c1-16(2)17-8-9-22-18(10-17)12-24(3,4)15-26(22)21-7-5-6-20(11-21)25-13-19(14-25)23(27)28;1-4(2,3)5/h5-11,16,19H,12-15H2,1-4H3,(H,27,28);5H2,1-3H3. The maximum atomic E-state index is 11.1. The molecule has 0 aromatic heterocycles. The summed E-state index contributed by atoms with van der Waals surface area (Å²) in [6, 6.07) is 15.5. The average molecular weight is 452 g/mol. The van der Waals surface area contributed by atoms with Gasteiger partial charge in [-0.05, 0) is 73.9 Å². The molecule has 0 amide bonds. The molecule has 0 saturated carbocycles. The number of nitrogens with two attached hydrogens (primary N) is 1. The van der Waals surface area contributed by atoms with Gasteiger partial charge in [-0.2, -0.15) is 0 Å². The first kappa shape index (κ1) is 25.1. The molecule has 0 spiro atoms.